The summed E-state index contributed by atoms with van der Waals surface area (Å²) < 4.78 is 2.46. The molecule has 0 aliphatic rings. The van der Waals surface area contributed by atoms with E-state index in [1.807, 2.05) is 36.4 Å². The minimum Gasteiger partial charge on any atom is -0.339 e. The highest BCUT2D eigenvalue weighted by molar-refractivity contribution is 9.10. The number of fused-ring (bicyclic) bond motifs is 4. The Balaban J connectivity index is 2.39. The fourth-order valence-electron chi connectivity index (χ4n) is 2.71. The van der Waals surface area contributed by atoms with Gasteiger partial charge in [-0.1, -0.05) is 28.1 Å². The molecule has 0 spiro atoms. The summed E-state index contributed by atoms with van der Waals surface area (Å²) in [5.74, 6) is 0. The standard InChI is InChI=1S/C15H9BrN4O/c16-8-5-6-12-10(7-8)13(19-17)14-18-11-4-2-1-3-9(11)15(21)20(12)14/h1-7,17-18H. The molecule has 2 aromatic heterocycles. The molecule has 2 aromatic carbocycles. The monoisotopic (exact) mass is 340 g/mol. The van der Waals surface area contributed by atoms with E-state index in [0.717, 1.165) is 20.9 Å². The van der Waals surface area contributed by atoms with Crippen LogP contribution in [0.15, 0.2) is 56.8 Å². The first-order chi connectivity index (χ1) is 10.2. The van der Waals surface area contributed by atoms with Crippen LogP contribution in [0.1, 0.15) is 0 Å². The van der Waals surface area contributed by atoms with E-state index in [1.54, 1.807) is 10.5 Å². The SMILES string of the molecule is N=Nc1c2cc(Br)ccc2n2c(=O)c3ccccc3[nH]c12. The van der Waals surface area contributed by atoms with E-state index in [0.29, 0.717) is 16.7 Å². The first-order valence-electron chi connectivity index (χ1n) is 6.33. The average molecular weight is 341 g/mol. The lowest BCUT2D eigenvalue weighted by atomic mass is 10.2. The van der Waals surface area contributed by atoms with Gasteiger partial charge in [0.1, 0.15) is 11.3 Å². The number of hydrogen-bond donors (Lipinski definition) is 2. The molecule has 0 amide bonds. The molecule has 0 saturated carbocycles. The second kappa shape index (κ2) is 4.26. The molecule has 0 aliphatic heterocycles. The highest BCUT2D eigenvalue weighted by Gasteiger charge is 2.16. The predicted octanol–water partition coefficient (Wildman–Crippen LogP) is 4.36. The van der Waals surface area contributed by atoms with Gasteiger partial charge in [0, 0.05) is 9.86 Å². The second-order valence-electron chi connectivity index (χ2n) is 4.78. The van der Waals surface area contributed by atoms with Gasteiger partial charge in [-0.05, 0) is 30.3 Å². The van der Waals surface area contributed by atoms with E-state index in [2.05, 4.69) is 26.0 Å². The van der Waals surface area contributed by atoms with Gasteiger partial charge in [-0.2, -0.15) is 5.11 Å². The van der Waals surface area contributed by atoms with Crippen molar-refractivity contribution in [3.8, 4) is 0 Å². The maximum Gasteiger partial charge on any atom is 0.266 e. The van der Waals surface area contributed by atoms with E-state index in [1.165, 1.54) is 0 Å². The van der Waals surface area contributed by atoms with Gasteiger partial charge in [0.15, 0.2) is 0 Å². The summed E-state index contributed by atoms with van der Waals surface area (Å²) >= 11 is 3.41. The van der Waals surface area contributed by atoms with Crippen LogP contribution in [0.4, 0.5) is 5.69 Å². The quantitative estimate of drug-likeness (QED) is 0.496. The van der Waals surface area contributed by atoms with Crippen LogP contribution >= 0.6 is 15.9 Å². The highest BCUT2D eigenvalue weighted by Crippen LogP contribution is 2.34. The summed E-state index contributed by atoms with van der Waals surface area (Å²) in [5.41, 5.74) is 9.83. The molecule has 4 aromatic rings. The van der Waals surface area contributed by atoms with Crippen molar-refractivity contribution in [2.45, 2.75) is 0 Å². The van der Waals surface area contributed by atoms with E-state index >= 15 is 0 Å². The number of nitrogens with one attached hydrogen (secondary N) is 2. The number of nitrogens with zero attached hydrogens (tertiary/aromatic N) is 2. The van der Waals surface area contributed by atoms with Crippen molar-refractivity contribution in [2.75, 3.05) is 0 Å². The van der Waals surface area contributed by atoms with Crippen LogP contribution < -0.4 is 5.56 Å². The Labute approximate surface area is 126 Å². The normalized spacial score (nSPS) is 11.5. The van der Waals surface area contributed by atoms with Gasteiger partial charge in [-0.15, -0.1) is 0 Å². The summed E-state index contributed by atoms with van der Waals surface area (Å²) in [4.78, 5) is 16.0. The average Bonchev–Trinajstić information content (AvgIpc) is 2.80. The van der Waals surface area contributed by atoms with Crippen LogP contribution in [0.2, 0.25) is 0 Å². The van der Waals surface area contributed by atoms with Gasteiger partial charge < -0.3 is 4.98 Å². The number of hydrogen-bond acceptors (Lipinski definition) is 3. The van der Waals surface area contributed by atoms with Crippen LogP contribution in [0, 0.1) is 5.53 Å². The number of rotatable bonds is 1. The van der Waals surface area contributed by atoms with Crippen LogP contribution in [0.25, 0.3) is 27.5 Å². The van der Waals surface area contributed by atoms with Gasteiger partial charge in [-0.25, -0.2) is 5.53 Å². The Morgan fingerprint density at radius 3 is 2.76 bits per heavy atom. The number of H-pyrrole nitrogens is 1. The van der Waals surface area contributed by atoms with Crippen LogP contribution in [-0.4, -0.2) is 9.38 Å². The summed E-state index contributed by atoms with van der Waals surface area (Å²) in [6.45, 7) is 0. The molecule has 0 aliphatic carbocycles. The molecule has 5 nitrogen and oxygen atoms in total. The van der Waals surface area contributed by atoms with Crippen molar-refractivity contribution < 1.29 is 0 Å². The highest BCUT2D eigenvalue weighted by atomic mass is 79.9. The van der Waals surface area contributed by atoms with E-state index in [4.69, 9.17) is 5.53 Å². The smallest absolute Gasteiger partial charge is 0.266 e. The van der Waals surface area contributed by atoms with Crippen molar-refractivity contribution in [3.05, 3.63) is 57.3 Å². The van der Waals surface area contributed by atoms with Gasteiger partial charge in [0.25, 0.3) is 5.56 Å². The van der Waals surface area contributed by atoms with Gasteiger partial charge in [-0.3, -0.25) is 9.20 Å². The zero-order valence-corrected chi connectivity index (χ0v) is 12.3. The van der Waals surface area contributed by atoms with Crippen molar-refractivity contribution in [3.63, 3.8) is 0 Å². The van der Waals surface area contributed by atoms with Gasteiger partial charge in [0.2, 0.25) is 0 Å². The molecule has 2 N–H and O–H groups in total. The number of benzene rings is 2. The fraction of sp³-hybridized carbons (Fsp3) is 0. The number of aromatic amines is 1. The second-order valence-corrected chi connectivity index (χ2v) is 5.70. The first kappa shape index (κ1) is 12.3. The third-order valence-corrected chi connectivity index (χ3v) is 4.12. The molecule has 0 atom stereocenters. The van der Waals surface area contributed by atoms with E-state index in [9.17, 15) is 4.79 Å². The third-order valence-electron chi connectivity index (χ3n) is 3.63. The maximum atomic E-state index is 12.7. The molecule has 2 heterocycles. The van der Waals surface area contributed by atoms with Gasteiger partial charge in [0.05, 0.1) is 16.4 Å². The lowest BCUT2D eigenvalue weighted by molar-refractivity contribution is 1.12. The van der Waals surface area contributed by atoms with Crippen molar-refractivity contribution in [1.82, 2.24) is 9.38 Å². The Hall–Kier alpha value is -2.47. The zero-order chi connectivity index (χ0) is 14.6. The Morgan fingerprint density at radius 2 is 1.95 bits per heavy atom. The minimum atomic E-state index is -0.110. The van der Waals surface area contributed by atoms with Gasteiger partial charge >= 0.3 is 0 Å². The van der Waals surface area contributed by atoms with E-state index < -0.39 is 0 Å². The van der Waals surface area contributed by atoms with Crippen LogP contribution in [0.3, 0.4) is 0 Å². The van der Waals surface area contributed by atoms with Crippen LogP contribution in [0.5, 0.6) is 0 Å². The van der Waals surface area contributed by atoms with Crippen LogP contribution in [-0.2, 0) is 0 Å². The van der Waals surface area contributed by atoms with Crippen molar-refractivity contribution in [1.29, 1.82) is 5.53 Å². The summed E-state index contributed by atoms with van der Waals surface area (Å²) in [5, 5.41) is 4.99. The largest absolute Gasteiger partial charge is 0.339 e. The fourth-order valence-corrected chi connectivity index (χ4v) is 3.07. The molecule has 102 valence electrons. The molecule has 0 bridgehead atoms. The molecule has 4 rings (SSSR count). The Kier molecular flexibility index (Phi) is 2.49. The van der Waals surface area contributed by atoms with Crippen molar-refractivity contribution >= 4 is 49.1 Å². The third kappa shape index (κ3) is 1.59. The molecule has 6 heteroatoms. The minimum absolute atomic E-state index is 0.110. The summed E-state index contributed by atoms with van der Waals surface area (Å²) in [6, 6.07) is 12.9. The molecule has 0 radical (unpaired) electrons. The Bertz CT molecular complexity index is 1090. The zero-order valence-electron chi connectivity index (χ0n) is 10.7. The summed E-state index contributed by atoms with van der Waals surface area (Å²) in [7, 11) is 0. The topological polar surface area (TPSA) is 73.5 Å². The lowest BCUT2D eigenvalue weighted by Gasteiger charge is -2.01. The number of halogens is 1. The number of para-hydroxylation sites is 1. The molecule has 0 fully saturated rings. The molecule has 0 unspecified atom stereocenters. The van der Waals surface area contributed by atoms with E-state index in [-0.39, 0.29) is 5.56 Å². The predicted molar refractivity (Wildman–Crippen MR) is 85.5 cm³/mol. The molecular formula is C15H9BrN4O. The molecule has 21 heavy (non-hydrogen) atoms. The summed E-state index contributed by atoms with van der Waals surface area (Å²) in [6.07, 6.45) is 0. The first-order valence-corrected chi connectivity index (χ1v) is 7.12. The Morgan fingerprint density at radius 1 is 1.14 bits per heavy atom. The number of aromatic nitrogens is 2. The molecule has 0 saturated heterocycles. The van der Waals surface area contributed by atoms with Crippen molar-refractivity contribution in [2.24, 2.45) is 5.11 Å². The lowest BCUT2D eigenvalue weighted by Crippen LogP contribution is -2.13. The maximum absolute atomic E-state index is 12.7. The molecular weight excluding hydrogens is 332 g/mol.